The average molecular weight is 259 g/mol. The van der Waals surface area contributed by atoms with Crippen LogP contribution in [0.2, 0.25) is 0 Å². The molecule has 0 aromatic heterocycles. The van der Waals surface area contributed by atoms with Crippen molar-refractivity contribution in [2.45, 2.75) is 44.1 Å². The molecule has 0 atom stereocenters. The highest BCUT2D eigenvalue weighted by Gasteiger charge is 2.51. The Kier molecular flexibility index (Phi) is 3.69. The molecule has 4 fully saturated rings. The Morgan fingerprint density at radius 1 is 1.12 bits per heavy atom. The van der Waals surface area contributed by atoms with Gasteiger partial charge in [0.25, 0.3) is 0 Å². The summed E-state index contributed by atoms with van der Waals surface area (Å²) in [5.41, 5.74) is 0.183. The Morgan fingerprint density at radius 2 is 1.59 bits per heavy atom. The number of amides is 1. The van der Waals surface area contributed by atoms with Crippen molar-refractivity contribution in [1.82, 2.24) is 10.6 Å². The third-order valence-corrected chi connectivity index (χ3v) is 4.78. The number of carbonyl (C=O) groups is 1. The quantitative estimate of drug-likeness (QED) is 0.809. The highest BCUT2D eigenvalue weighted by molar-refractivity contribution is 5.85. The second kappa shape index (κ2) is 4.77. The monoisotopic (exact) mass is 258 g/mol. The molecular formula is C13H23ClN2O. The van der Waals surface area contributed by atoms with Crippen LogP contribution in [0.25, 0.3) is 0 Å². The molecule has 4 aliphatic rings. The van der Waals surface area contributed by atoms with Crippen molar-refractivity contribution in [2.75, 3.05) is 13.6 Å². The van der Waals surface area contributed by atoms with Gasteiger partial charge >= 0.3 is 0 Å². The van der Waals surface area contributed by atoms with Gasteiger partial charge in [-0.3, -0.25) is 4.79 Å². The number of carbonyl (C=O) groups excluding carboxylic acids is 1. The van der Waals surface area contributed by atoms with E-state index in [2.05, 4.69) is 10.6 Å². The molecule has 3 nitrogen and oxygen atoms in total. The van der Waals surface area contributed by atoms with Crippen molar-refractivity contribution in [2.24, 2.45) is 17.8 Å². The van der Waals surface area contributed by atoms with Gasteiger partial charge in [-0.1, -0.05) is 0 Å². The standard InChI is InChI=1S/C13H22N2O.ClH/c1-14-8-12(16)15-13-5-9-2-10(6-13)4-11(3-9)7-13;/h9-11,14H,2-8H2,1H3,(H,15,16);1H. The summed E-state index contributed by atoms with van der Waals surface area (Å²) in [7, 11) is 1.83. The largest absolute Gasteiger partial charge is 0.350 e. The number of hydrogen-bond donors (Lipinski definition) is 2. The lowest BCUT2D eigenvalue weighted by atomic mass is 9.53. The van der Waals surface area contributed by atoms with E-state index in [-0.39, 0.29) is 23.9 Å². The van der Waals surface area contributed by atoms with Crippen LogP contribution < -0.4 is 10.6 Å². The Hall–Kier alpha value is -0.280. The first-order valence-corrected chi connectivity index (χ1v) is 6.65. The van der Waals surface area contributed by atoms with E-state index in [9.17, 15) is 4.79 Å². The predicted molar refractivity (Wildman–Crippen MR) is 70.2 cm³/mol. The maximum absolute atomic E-state index is 11.8. The highest BCUT2D eigenvalue weighted by atomic mass is 35.5. The minimum atomic E-state index is 0. The van der Waals surface area contributed by atoms with Crippen molar-refractivity contribution in [3.8, 4) is 0 Å². The maximum Gasteiger partial charge on any atom is 0.234 e. The van der Waals surface area contributed by atoms with E-state index in [1.807, 2.05) is 7.05 Å². The first-order valence-electron chi connectivity index (χ1n) is 6.65. The molecule has 0 aliphatic heterocycles. The van der Waals surface area contributed by atoms with Crippen LogP contribution in [0.3, 0.4) is 0 Å². The molecule has 4 saturated carbocycles. The van der Waals surface area contributed by atoms with Crippen molar-refractivity contribution >= 4 is 18.3 Å². The summed E-state index contributed by atoms with van der Waals surface area (Å²) in [5.74, 6) is 2.90. The normalized spacial score (nSPS) is 42.1. The maximum atomic E-state index is 11.8. The molecule has 0 heterocycles. The fraction of sp³-hybridized carbons (Fsp3) is 0.923. The summed E-state index contributed by atoms with van der Waals surface area (Å²) < 4.78 is 0. The molecule has 4 bridgehead atoms. The van der Waals surface area contributed by atoms with Crippen LogP contribution in [0.5, 0.6) is 0 Å². The smallest absolute Gasteiger partial charge is 0.234 e. The Labute approximate surface area is 110 Å². The summed E-state index contributed by atoms with van der Waals surface area (Å²) >= 11 is 0. The van der Waals surface area contributed by atoms with Crippen molar-refractivity contribution in [1.29, 1.82) is 0 Å². The van der Waals surface area contributed by atoms with Gasteiger partial charge in [-0.15, -0.1) is 12.4 Å². The van der Waals surface area contributed by atoms with Gasteiger partial charge in [0, 0.05) is 5.54 Å². The minimum Gasteiger partial charge on any atom is -0.350 e. The lowest BCUT2D eigenvalue weighted by Crippen LogP contribution is -2.60. The second-order valence-electron chi connectivity index (χ2n) is 6.28. The lowest BCUT2D eigenvalue weighted by Gasteiger charge is -2.56. The summed E-state index contributed by atoms with van der Waals surface area (Å²) in [6, 6.07) is 0. The van der Waals surface area contributed by atoms with E-state index >= 15 is 0 Å². The summed E-state index contributed by atoms with van der Waals surface area (Å²) in [6.07, 6.45) is 8.03. The fourth-order valence-corrected chi connectivity index (χ4v) is 4.76. The molecular weight excluding hydrogens is 236 g/mol. The molecule has 1 amide bonds. The van der Waals surface area contributed by atoms with E-state index in [0.29, 0.717) is 6.54 Å². The van der Waals surface area contributed by atoms with Gasteiger partial charge in [0.05, 0.1) is 6.54 Å². The van der Waals surface area contributed by atoms with E-state index in [1.54, 1.807) is 0 Å². The van der Waals surface area contributed by atoms with Crippen molar-refractivity contribution in [3.05, 3.63) is 0 Å². The number of likely N-dealkylation sites (N-methyl/N-ethyl adjacent to an activating group) is 1. The first-order chi connectivity index (χ1) is 7.69. The molecule has 4 heteroatoms. The summed E-state index contributed by atoms with van der Waals surface area (Å²) in [4.78, 5) is 11.8. The zero-order valence-corrected chi connectivity index (χ0v) is 11.3. The van der Waals surface area contributed by atoms with Crippen LogP contribution in [0.1, 0.15) is 38.5 Å². The third-order valence-electron chi connectivity index (χ3n) is 4.78. The Balaban J connectivity index is 0.00000108. The van der Waals surface area contributed by atoms with Gasteiger partial charge in [-0.2, -0.15) is 0 Å². The van der Waals surface area contributed by atoms with Crippen molar-refractivity contribution in [3.63, 3.8) is 0 Å². The fourth-order valence-electron chi connectivity index (χ4n) is 4.76. The molecule has 4 rings (SSSR count). The van der Waals surface area contributed by atoms with E-state index in [1.165, 1.54) is 38.5 Å². The first kappa shape index (κ1) is 13.2. The van der Waals surface area contributed by atoms with Crippen LogP contribution in [0.15, 0.2) is 0 Å². The molecule has 98 valence electrons. The van der Waals surface area contributed by atoms with Gasteiger partial charge in [0.2, 0.25) is 5.91 Å². The second-order valence-corrected chi connectivity index (χ2v) is 6.28. The molecule has 17 heavy (non-hydrogen) atoms. The lowest BCUT2D eigenvalue weighted by molar-refractivity contribution is -0.125. The highest BCUT2D eigenvalue weighted by Crippen LogP contribution is 2.55. The molecule has 4 aliphatic carbocycles. The van der Waals surface area contributed by atoms with Crippen LogP contribution in [0.4, 0.5) is 0 Å². The molecule has 0 saturated heterocycles. The van der Waals surface area contributed by atoms with Gasteiger partial charge in [-0.25, -0.2) is 0 Å². The number of halogens is 1. The minimum absolute atomic E-state index is 0. The van der Waals surface area contributed by atoms with Crippen LogP contribution in [0, 0.1) is 17.8 Å². The Morgan fingerprint density at radius 3 is 2.00 bits per heavy atom. The van der Waals surface area contributed by atoms with Crippen LogP contribution >= 0.6 is 12.4 Å². The zero-order chi connectivity index (χ0) is 11.2. The molecule has 0 aromatic rings. The zero-order valence-electron chi connectivity index (χ0n) is 10.5. The average Bonchev–Trinajstić information content (AvgIpc) is 2.13. The Bertz CT molecular complexity index is 271. The van der Waals surface area contributed by atoms with Crippen molar-refractivity contribution < 1.29 is 4.79 Å². The number of hydrogen-bond acceptors (Lipinski definition) is 2. The number of rotatable bonds is 3. The molecule has 0 unspecified atom stereocenters. The van der Waals surface area contributed by atoms with E-state index in [0.717, 1.165) is 17.8 Å². The molecule has 0 spiro atoms. The molecule has 0 radical (unpaired) electrons. The van der Waals surface area contributed by atoms with Gasteiger partial charge < -0.3 is 10.6 Å². The van der Waals surface area contributed by atoms with Gasteiger partial charge in [0.1, 0.15) is 0 Å². The van der Waals surface area contributed by atoms with Crippen LogP contribution in [-0.2, 0) is 4.79 Å². The molecule has 2 N–H and O–H groups in total. The topological polar surface area (TPSA) is 41.1 Å². The van der Waals surface area contributed by atoms with Gasteiger partial charge in [-0.05, 0) is 63.3 Å². The number of nitrogens with one attached hydrogen (secondary N) is 2. The van der Waals surface area contributed by atoms with E-state index < -0.39 is 0 Å². The predicted octanol–water partition coefficient (Wildman–Crippen LogP) is 1.71. The van der Waals surface area contributed by atoms with E-state index in [4.69, 9.17) is 0 Å². The SMILES string of the molecule is CNCC(=O)NC12CC3CC(CC(C3)C1)C2.Cl. The third kappa shape index (κ3) is 2.45. The summed E-state index contributed by atoms with van der Waals surface area (Å²) in [5, 5.41) is 6.26. The van der Waals surface area contributed by atoms with Crippen LogP contribution in [-0.4, -0.2) is 25.0 Å². The van der Waals surface area contributed by atoms with Gasteiger partial charge in [0.15, 0.2) is 0 Å². The molecule has 0 aromatic carbocycles. The summed E-state index contributed by atoms with van der Waals surface area (Å²) in [6.45, 7) is 0.460.